The Labute approximate surface area is 109 Å². The van der Waals surface area contributed by atoms with Gasteiger partial charge in [-0.25, -0.2) is 5.84 Å². The third kappa shape index (κ3) is 4.04. The van der Waals surface area contributed by atoms with Gasteiger partial charge in [-0.05, 0) is 30.9 Å². The SMILES string of the molecule is NNC(=NCC1CCCCC1)Nc1ccccc1. The standard InChI is InChI=1S/C14H22N4/c15-18-14(17-13-9-5-2-6-10-13)16-11-12-7-3-1-4-8-12/h2,5-6,9-10,12H,1,3-4,7-8,11,15H2,(H2,16,17,18). The van der Waals surface area contributed by atoms with Crippen molar-refractivity contribution in [2.24, 2.45) is 16.8 Å². The van der Waals surface area contributed by atoms with E-state index in [4.69, 9.17) is 5.84 Å². The first-order valence-electron chi connectivity index (χ1n) is 6.71. The van der Waals surface area contributed by atoms with Crippen molar-refractivity contribution in [3.8, 4) is 0 Å². The highest BCUT2D eigenvalue weighted by molar-refractivity contribution is 5.93. The summed E-state index contributed by atoms with van der Waals surface area (Å²) in [7, 11) is 0. The highest BCUT2D eigenvalue weighted by Crippen LogP contribution is 2.23. The molecule has 98 valence electrons. The second-order valence-corrected chi connectivity index (χ2v) is 4.83. The van der Waals surface area contributed by atoms with E-state index in [0.29, 0.717) is 5.96 Å². The topological polar surface area (TPSA) is 62.4 Å². The van der Waals surface area contributed by atoms with E-state index >= 15 is 0 Å². The molecule has 0 heterocycles. The van der Waals surface area contributed by atoms with Crippen LogP contribution in [0.5, 0.6) is 0 Å². The summed E-state index contributed by atoms with van der Waals surface area (Å²) in [5, 5.41) is 3.18. The first kappa shape index (κ1) is 12.9. The molecular weight excluding hydrogens is 224 g/mol. The molecule has 4 nitrogen and oxygen atoms in total. The maximum Gasteiger partial charge on any atom is 0.210 e. The minimum Gasteiger partial charge on any atom is -0.325 e. The summed E-state index contributed by atoms with van der Waals surface area (Å²) >= 11 is 0. The van der Waals surface area contributed by atoms with Crippen molar-refractivity contribution in [1.82, 2.24) is 5.43 Å². The van der Waals surface area contributed by atoms with E-state index in [1.165, 1.54) is 32.1 Å². The van der Waals surface area contributed by atoms with Crippen molar-refractivity contribution in [3.63, 3.8) is 0 Å². The zero-order chi connectivity index (χ0) is 12.6. The van der Waals surface area contributed by atoms with E-state index in [2.05, 4.69) is 15.7 Å². The van der Waals surface area contributed by atoms with E-state index in [1.807, 2.05) is 30.3 Å². The van der Waals surface area contributed by atoms with Gasteiger partial charge in [0, 0.05) is 12.2 Å². The Bertz CT molecular complexity index is 369. The summed E-state index contributed by atoms with van der Waals surface area (Å²) in [6.45, 7) is 0.860. The van der Waals surface area contributed by atoms with Gasteiger partial charge in [0.2, 0.25) is 5.96 Å². The number of nitrogens with zero attached hydrogens (tertiary/aromatic N) is 1. The Hall–Kier alpha value is -1.55. The molecule has 1 fully saturated rings. The van der Waals surface area contributed by atoms with Crippen LogP contribution in [-0.2, 0) is 0 Å². The van der Waals surface area contributed by atoms with Crippen LogP contribution in [0, 0.1) is 5.92 Å². The van der Waals surface area contributed by atoms with Gasteiger partial charge in [-0.2, -0.15) is 0 Å². The molecular formula is C14H22N4. The van der Waals surface area contributed by atoms with E-state index in [9.17, 15) is 0 Å². The van der Waals surface area contributed by atoms with E-state index < -0.39 is 0 Å². The second kappa shape index (κ2) is 7.01. The van der Waals surface area contributed by atoms with E-state index in [-0.39, 0.29) is 0 Å². The summed E-state index contributed by atoms with van der Waals surface area (Å²) in [4.78, 5) is 4.53. The second-order valence-electron chi connectivity index (χ2n) is 4.83. The van der Waals surface area contributed by atoms with Gasteiger partial charge in [0.15, 0.2) is 0 Å². The van der Waals surface area contributed by atoms with Crippen molar-refractivity contribution < 1.29 is 0 Å². The fourth-order valence-corrected chi connectivity index (χ4v) is 2.37. The molecule has 1 aromatic carbocycles. The molecule has 0 saturated heterocycles. The summed E-state index contributed by atoms with van der Waals surface area (Å²) in [5.41, 5.74) is 3.63. The molecule has 0 unspecified atom stereocenters. The fourth-order valence-electron chi connectivity index (χ4n) is 2.37. The van der Waals surface area contributed by atoms with Gasteiger partial charge >= 0.3 is 0 Å². The lowest BCUT2D eigenvalue weighted by atomic mass is 9.89. The number of hydrogen-bond donors (Lipinski definition) is 3. The highest BCUT2D eigenvalue weighted by Gasteiger charge is 2.12. The summed E-state index contributed by atoms with van der Waals surface area (Å²) in [6.07, 6.45) is 6.67. The van der Waals surface area contributed by atoms with E-state index in [0.717, 1.165) is 18.2 Å². The molecule has 1 aromatic rings. The molecule has 2 rings (SSSR count). The zero-order valence-electron chi connectivity index (χ0n) is 10.7. The van der Waals surface area contributed by atoms with Gasteiger partial charge in [0.25, 0.3) is 0 Å². The molecule has 0 radical (unpaired) electrons. The molecule has 1 saturated carbocycles. The van der Waals surface area contributed by atoms with E-state index in [1.54, 1.807) is 0 Å². The predicted molar refractivity (Wildman–Crippen MR) is 76.3 cm³/mol. The van der Waals surface area contributed by atoms with Crippen molar-refractivity contribution >= 4 is 11.6 Å². The van der Waals surface area contributed by atoms with Crippen LogP contribution in [0.25, 0.3) is 0 Å². The lowest BCUT2D eigenvalue weighted by Gasteiger charge is -2.20. The first-order chi connectivity index (χ1) is 8.88. The lowest BCUT2D eigenvalue weighted by molar-refractivity contribution is 0.367. The molecule has 4 heteroatoms. The Kier molecular flexibility index (Phi) is 5.02. The number of hydrogen-bond acceptors (Lipinski definition) is 2. The number of hydrazine groups is 1. The zero-order valence-corrected chi connectivity index (χ0v) is 10.7. The average molecular weight is 246 g/mol. The van der Waals surface area contributed by atoms with Crippen molar-refractivity contribution in [2.45, 2.75) is 32.1 Å². The van der Waals surface area contributed by atoms with Crippen LogP contribution in [-0.4, -0.2) is 12.5 Å². The monoisotopic (exact) mass is 246 g/mol. The van der Waals surface area contributed by atoms with Gasteiger partial charge in [-0.1, -0.05) is 37.5 Å². The Morgan fingerprint density at radius 2 is 1.89 bits per heavy atom. The predicted octanol–water partition coefficient (Wildman–Crippen LogP) is 2.50. The normalized spacial score (nSPS) is 17.5. The van der Waals surface area contributed by atoms with Crippen molar-refractivity contribution in [2.75, 3.05) is 11.9 Å². The third-order valence-electron chi connectivity index (χ3n) is 3.41. The number of rotatable bonds is 3. The molecule has 0 amide bonds. The number of guanidine groups is 1. The van der Waals surface area contributed by atoms with Crippen LogP contribution in [0.4, 0.5) is 5.69 Å². The largest absolute Gasteiger partial charge is 0.325 e. The molecule has 0 atom stereocenters. The number of nitrogens with one attached hydrogen (secondary N) is 2. The van der Waals surface area contributed by atoms with Gasteiger partial charge in [-0.3, -0.25) is 10.4 Å². The van der Waals surface area contributed by atoms with Gasteiger partial charge in [-0.15, -0.1) is 0 Å². The summed E-state index contributed by atoms with van der Waals surface area (Å²) in [5.74, 6) is 6.86. The fraction of sp³-hybridized carbons (Fsp3) is 0.500. The maximum atomic E-state index is 5.49. The maximum absolute atomic E-state index is 5.49. The molecule has 4 N–H and O–H groups in total. The number of anilines is 1. The minimum absolute atomic E-state index is 0.645. The van der Waals surface area contributed by atoms with Crippen LogP contribution in [0.3, 0.4) is 0 Å². The molecule has 1 aliphatic rings. The molecule has 0 bridgehead atoms. The average Bonchev–Trinajstić information content (AvgIpc) is 2.45. The van der Waals surface area contributed by atoms with Crippen LogP contribution >= 0.6 is 0 Å². The Morgan fingerprint density at radius 3 is 2.56 bits per heavy atom. The van der Waals surface area contributed by atoms with Crippen LogP contribution in [0.1, 0.15) is 32.1 Å². The minimum atomic E-state index is 0.645. The molecule has 0 aliphatic heterocycles. The lowest BCUT2D eigenvalue weighted by Crippen LogP contribution is -2.36. The number of aliphatic imine (C=N–C) groups is 1. The molecule has 0 spiro atoms. The third-order valence-corrected chi connectivity index (χ3v) is 3.41. The molecule has 0 aromatic heterocycles. The number of benzene rings is 1. The highest BCUT2D eigenvalue weighted by atomic mass is 15.3. The molecule has 18 heavy (non-hydrogen) atoms. The van der Waals surface area contributed by atoms with Gasteiger partial charge < -0.3 is 5.32 Å². The van der Waals surface area contributed by atoms with Gasteiger partial charge in [0.05, 0.1) is 0 Å². The number of nitrogens with two attached hydrogens (primary N) is 1. The summed E-state index contributed by atoms with van der Waals surface area (Å²) < 4.78 is 0. The van der Waals surface area contributed by atoms with Crippen molar-refractivity contribution in [3.05, 3.63) is 30.3 Å². The van der Waals surface area contributed by atoms with Crippen LogP contribution < -0.4 is 16.6 Å². The first-order valence-corrected chi connectivity index (χ1v) is 6.71. The Morgan fingerprint density at radius 1 is 1.17 bits per heavy atom. The van der Waals surface area contributed by atoms with Crippen LogP contribution in [0.15, 0.2) is 35.3 Å². The summed E-state index contributed by atoms with van der Waals surface area (Å²) in [6, 6.07) is 9.94. The van der Waals surface area contributed by atoms with Crippen LogP contribution in [0.2, 0.25) is 0 Å². The van der Waals surface area contributed by atoms with Crippen molar-refractivity contribution in [1.29, 1.82) is 0 Å². The Balaban J connectivity index is 1.87. The number of para-hydroxylation sites is 1. The van der Waals surface area contributed by atoms with Gasteiger partial charge in [0.1, 0.15) is 0 Å². The quantitative estimate of drug-likeness (QED) is 0.332. The molecule has 1 aliphatic carbocycles. The smallest absolute Gasteiger partial charge is 0.210 e.